The van der Waals surface area contributed by atoms with Crippen LogP contribution in [0.4, 0.5) is 10.5 Å². The van der Waals surface area contributed by atoms with Gasteiger partial charge in [0.2, 0.25) is 0 Å². The minimum atomic E-state index is -0.384. The smallest absolute Gasteiger partial charge is 0.319 e. The molecule has 5 rings (SSSR count). The maximum absolute atomic E-state index is 13.3. The molecule has 2 N–H and O–H groups in total. The van der Waals surface area contributed by atoms with Crippen LogP contribution in [0, 0.1) is 5.92 Å². The van der Waals surface area contributed by atoms with E-state index in [1.165, 1.54) is 0 Å². The third-order valence-corrected chi connectivity index (χ3v) is 6.56. The van der Waals surface area contributed by atoms with Gasteiger partial charge in [0.1, 0.15) is 5.69 Å². The van der Waals surface area contributed by atoms with Gasteiger partial charge in [-0.2, -0.15) is 0 Å². The molecule has 1 saturated heterocycles. The van der Waals surface area contributed by atoms with Crippen molar-refractivity contribution in [2.75, 3.05) is 18.4 Å². The Morgan fingerprint density at radius 1 is 0.970 bits per heavy atom. The summed E-state index contributed by atoms with van der Waals surface area (Å²) in [4.78, 5) is 40.4. The number of benzene rings is 2. The molecule has 2 aliphatic heterocycles. The topological polar surface area (TPSA) is 83.4 Å². The zero-order chi connectivity index (χ0) is 23.1. The lowest BCUT2D eigenvalue weighted by Crippen LogP contribution is -2.49. The molecule has 3 heterocycles. The summed E-state index contributed by atoms with van der Waals surface area (Å²) in [6.07, 6.45) is 0.960. The minimum absolute atomic E-state index is 0.0177. The number of hydrogen-bond donors (Lipinski definition) is 2. The van der Waals surface area contributed by atoms with E-state index in [1.54, 1.807) is 10.6 Å². The van der Waals surface area contributed by atoms with Crippen LogP contribution in [0.1, 0.15) is 42.2 Å². The van der Waals surface area contributed by atoms with Gasteiger partial charge in [0.25, 0.3) is 11.5 Å². The number of carbonyl (C=O) groups excluding carboxylic acids is 2. The number of nitrogens with one attached hydrogen (secondary N) is 2. The Hall–Kier alpha value is -3.61. The van der Waals surface area contributed by atoms with Crippen molar-refractivity contribution < 1.29 is 9.59 Å². The lowest BCUT2D eigenvalue weighted by molar-refractivity contribution is 0.0595. The Balaban J connectivity index is 1.37. The van der Waals surface area contributed by atoms with Gasteiger partial charge in [0, 0.05) is 42.9 Å². The number of nitrogens with zero attached hydrogens (tertiary/aromatic N) is 2. The van der Waals surface area contributed by atoms with Gasteiger partial charge in [0.05, 0.1) is 0 Å². The fraction of sp³-hybridized carbons (Fsp3) is 0.346. The zero-order valence-corrected chi connectivity index (χ0v) is 18.9. The second kappa shape index (κ2) is 8.39. The summed E-state index contributed by atoms with van der Waals surface area (Å²) in [7, 11) is 0. The molecule has 0 aliphatic carbocycles. The summed E-state index contributed by atoms with van der Waals surface area (Å²) in [6.45, 7) is 5.49. The number of fused-ring (bicyclic) bond motifs is 5. The Labute approximate surface area is 192 Å². The Morgan fingerprint density at radius 2 is 1.76 bits per heavy atom. The molecule has 0 spiro atoms. The molecule has 1 aromatic heterocycles. The number of carbonyl (C=O) groups is 2. The van der Waals surface area contributed by atoms with E-state index < -0.39 is 0 Å². The van der Waals surface area contributed by atoms with Crippen molar-refractivity contribution in [3.8, 4) is 0 Å². The highest BCUT2D eigenvalue weighted by atomic mass is 16.2. The molecule has 1 fully saturated rings. The van der Waals surface area contributed by atoms with Gasteiger partial charge in [-0.05, 0) is 61.2 Å². The van der Waals surface area contributed by atoms with E-state index in [1.807, 2.05) is 67.3 Å². The lowest BCUT2D eigenvalue weighted by Gasteiger charge is -2.43. The predicted octanol–water partition coefficient (Wildman–Crippen LogP) is 3.79. The number of anilines is 1. The fourth-order valence-electron chi connectivity index (χ4n) is 5.13. The zero-order valence-electron chi connectivity index (χ0n) is 18.9. The first-order valence-electron chi connectivity index (χ1n) is 11.5. The highest BCUT2D eigenvalue weighted by Gasteiger charge is 2.37. The second-order valence-electron chi connectivity index (χ2n) is 9.41. The van der Waals surface area contributed by atoms with E-state index in [2.05, 4.69) is 10.6 Å². The number of piperidine rings is 1. The Kier molecular flexibility index (Phi) is 5.40. The molecule has 2 atom stereocenters. The van der Waals surface area contributed by atoms with Crippen molar-refractivity contribution >= 4 is 28.4 Å². The van der Waals surface area contributed by atoms with E-state index in [9.17, 15) is 14.4 Å². The molecule has 0 saturated carbocycles. The van der Waals surface area contributed by atoms with Crippen LogP contribution in [-0.4, -0.2) is 40.5 Å². The first-order chi connectivity index (χ1) is 15.9. The maximum atomic E-state index is 13.3. The third-order valence-electron chi connectivity index (χ3n) is 6.56. The molecule has 7 heteroatoms. The highest BCUT2D eigenvalue weighted by molar-refractivity contribution is 5.98. The summed E-state index contributed by atoms with van der Waals surface area (Å²) in [5, 5.41) is 7.58. The molecule has 3 aromatic rings. The van der Waals surface area contributed by atoms with E-state index in [0.29, 0.717) is 25.2 Å². The van der Waals surface area contributed by atoms with Crippen LogP contribution in [0.5, 0.6) is 0 Å². The van der Waals surface area contributed by atoms with E-state index in [0.717, 1.165) is 22.9 Å². The van der Waals surface area contributed by atoms with Crippen molar-refractivity contribution in [1.82, 2.24) is 14.8 Å². The molecule has 170 valence electrons. The van der Waals surface area contributed by atoms with Gasteiger partial charge < -0.3 is 20.1 Å². The summed E-state index contributed by atoms with van der Waals surface area (Å²) in [6, 6.07) is 17.1. The Bertz CT molecular complexity index is 1300. The first kappa shape index (κ1) is 21.2. The molecule has 33 heavy (non-hydrogen) atoms. The SMILES string of the molecule is CC(C)NC(=O)Nc1ccc2n(c1=O)C[C@@H]1C[C@@H]2CN(C(=O)c2ccc3ccccc3c2)C1. The van der Waals surface area contributed by atoms with Gasteiger partial charge >= 0.3 is 6.03 Å². The Morgan fingerprint density at radius 3 is 2.55 bits per heavy atom. The fourth-order valence-corrected chi connectivity index (χ4v) is 5.13. The van der Waals surface area contributed by atoms with Crippen LogP contribution in [-0.2, 0) is 6.54 Å². The third kappa shape index (κ3) is 4.11. The molecular weight excluding hydrogens is 416 g/mol. The largest absolute Gasteiger partial charge is 0.338 e. The van der Waals surface area contributed by atoms with E-state index >= 15 is 0 Å². The number of amides is 3. The quantitative estimate of drug-likeness (QED) is 0.645. The van der Waals surface area contributed by atoms with Gasteiger partial charge in [-0.1, -0.05) is 30.3 Å². The van der Waals surface area contributed by atoms with Crippen LogP contribution in [0.3, 0.4) is 0 Å². The van der Waals surface area contributed by atoms with Gasteiger partial charge in [-0.3, -0.25) is 9.59 Å². The second-order valence-corrected chi connectivity index (χ2v) is 9.41. The molecule has 3 amide bonds. The van der Waals surface area contributed by atoms with Crippen LogP contribution < -0.4 is 16.2 Å². The average Bonchev–Trinajstić information content (AvgIpc) is 2.80. The van der Waals surface area contributed by atoms with Crippen LogP contribution in [0.15, 0.2) is 59.4 Å². The van der Waals surface area contributed by atoms with Crippen molar-refractivity contribution in [2.45, 2.75) is 38.8 Å². The van der Waals surface area contributed by atoms with Crippen molar-refractivity contribution in [2.24, 2.45) is 5.92 Å². The summed E-state index contributed by atoms with van der Waals surface area (Å²) < 4.78 is 1.78. The van der Waals surface area contributed by atoms with Gasteiger partial charge in [-0.15, -0.1) is 0 Å². The normalized spacial score (nSPS) is 19.3. The van der Waals surface area contributed by atoms with Gasteiger partial charge in [0.15, 0.2) is 0 Å². The van der Waals surface area contributed by atoms with Crippen molar-refractivity contribution in [3.05, 3.63) is 76.2 Å². The number of urea groups is 1. The minimum Gasteiger partial charge on any atom is -0.338 e. The molecule has 2 aliphatic rings. The number of likely N-dealkylation sites (tertiary alicyclic amines) is 1. The highest BCUT2D eigenvalue weighted by Crippen LogP contribution is 2.36. The molecular formula is C26H28N4O3. The van der Waals surface area contributed by atoms with E-state index in [-0.39, 0.29) is 41.1 Å². The summed E-state index contributed by atoms with van der Waals surface area (Å²) in [5.41, 5.74) is 1.72. The van der Waals surface area contributed by atoms with Crippen molar-refractivity contribution in [3.63, 3.8) is 0 Å². The number of hydrogen-bond acceptors (Lipinski definition) is 3. The number of pyridine rings is 1. The monoisotopic (exact) mass is 444 g/mol. The average molecular weight is 445 g/mol. The van der Waals surface area contributed by atoms with Gasteiger partial charge in [-0.25, -0.2) is 4.79 Å². The molecule has 2 aromatic carbocycles. The first-order valence-corrected chi connectivity index (χ1v) is 11.5. The lowest BCUT2D eigenvalue weighted by atomic mass is 9.83. The number of rotatable bonds is 3. The van der Waals surface area contributed by atoms with E-state index in [4.69, 9.17) is 0 Å². The van der Waals surface area contributed by atoms with Crippen LogP contribution in [0.2, 0.25) is 0 Å². The molecule has 2 bridgehead atoms. The molecule has 0 radical (unpaired) electrons. The van der Waals surface area contributed by atoms with Crippen molar-refractivity contribution in [1.29, 1.82) is 0 Å². The maximum Gasteiger partial charge on any atom is 0.319 e. The van der Waals surface area contributed by atoms with Crippen LogP contribution >= 0.6 is 0 Å². The van der Waals surface area contributed by atoms with Crippen LogP contribution in [0.25, 0.3) is 10.8 Å². The predicted molar refractivity (Wildman–Crippen MR) is 129 cm³/mol. The summed E-state index contributed by atoms with van der Waals surface area (Å²) >= 11 is 0. The summed E-state index contributed by atoms with van der Waals surface area (Å²) in [5.74, 6) is 0.348. The molecule has 7 nitrogen and oxygen atoms in total. The molecule has 0 unspecified atom stereocenters. The standard InChI is InChI=1S/C26H28N4O3/c1-16(2)27-26(33)28-22-9-10-23-21-11-17(14-30(23)25(22)32)13-29(15-21)24(31)20-8-7-18-5-3-4-6-19(18)12-20/h3-10,12,16-17,21H,11,13-15H2,1-2H3,(H2,27,28,33)/t17-,21-/m1/s1. The number of aromatic nitrogens is 1.